The van der Waals surface area contributed by atoms with Crippen molar-refractivity contribution < 1.29 is 24.2 Å². The van der Waals surface area contributed by atoms with Crippen molar-refractivity contribution in [3.05, 3.63) is 31.9 Å². The van der Waals surface area contributed by atoms with Gasteiger partial charge in [0.1, 0.15) is 17.1 Å². The van der Waals surface area contributed by atoms with Gasteiger partial charge in [-0.05, 0) is 85.8 Å². The highest BCUT2D eigenvalue weighted by atomic mass is 127. The normalized spacial score (nSPS) is 14.7. The Balaban J connectivity index is 3.50. The second-order valence-electron chi connectivity index (χ2n) is 11.6. The Morgan fingerprint density at radius 3 is 2.28 bits per heavy atom. The summed E-state index contributed by atoms with van der Waals surface area (Å²) in [5.41, 5.74) is 0.0389. The van der Waals surface area contributed by atoms with Crippen LogP contribution >= 0.6 is 34.2 Å². The fourth-order valence-corrected chi connectivity index (χ4v) is 4.91. The summed E-state index contributed by atoms with van der Waals surface area (Å²) in [7, 11) is -2.37. The molecule has 204 valence electrons. The van der Waals surface area contributed by atoms with Gasteiger partial charge in [-0.2, -0.15) is 0 Å². The number of aliphatic hydroxyl groups excluding tert-OH is 1. The predicted octanol–water partition coefficient (Wildman–Crippen LogP) is 7.81. The van der Waals surface area contributed by atoms with Gasteiger partial charge < -0.3 is 19.4 Å². The SMILES string of the molecule is CCOC(=O)C(C=NC(CCC(C)(C)[Si](C)(C)O)C(C)(C)C)=C(O)c1cc(I)c(OC(C)C)cc1Cl. The van der Waals surface area contributed by atoms with Gasteiger partial charge in [-0.3, -0.25) is 4.99 Å². The number of nitrogens with zero attached hydrogens (tertiary/aromatic N) is 1. The zero-order valence-electron chi connectivity index (χ0n) is 23.3. The molecule has 0 amide bonds. The number of esters is 1. The maximum atomic E-state index is 12.8. The van der Waals surface area contributed by atoms with Crippen LogP contribution in [0, 0.1) is 8.99 Å². The van der Waals surface area contributed by atoms with E-state index in [9.17, 15) is 14.7 Å². The van der Waals surface area contributed by atoms with Gasteiger partial charge in [0.05, 0.1) is 27.3 Å². The van der Waals surface area contributed by atoms with Crippen molar-refractivity contribution in [2.45, 2.75) is 98.5 Å². The van der Waals surface area contributed by atoms with Crippen molar-refractivity contribution in [2.75, 3.05) is 6.61 Å². The number of benzene rings is 1. The third kappa shape index (κ3) is 9.33. The molecule has 0 aliphatic rings. The van der Waals surface area contributed by atoms with E-state index in [4.69, 9.17) is 26.1 Å². The Labute approximate surface area is 236 Å². The lowest BCUT2D eigenvalue weighted by molar-refractivity contribution is -0.137. The van der Waals surface area contributed by atoms with Gasteiger partial charge in [-0.1, -0.05) is 46.2 Å². The number of aliphatic imine (C=N–C) groups is 1. The maximum absolute atomic E-state index is 12.8. The highest BCUT2D eigenvalue weighted by molar-refractivity contribution is 14.1. The Morgan fingerprint density at radius 2 is 1.81 bits per heavy atom. The van der Waals surface area contributed by atoms with Crippen LogP contribution in [0.5, 0.6) is 5.75 Å². The van der Waals surface area contributed by atoms with E-state index < -0.39 is 14.3 Å². The van der Waals surface area contributed by atoms with Crippen molar-refractivity contribution >= 4 is 60.5 Å². The first-order valence-electron chi connectivity index (χ1n) is 12.3. The molecule has 0 bridgehead atoms. The smallest absolute Gasteiger partial charge is 0.343 e. The van der Waals surface area contributed by atoms with Crippen LogP contribution in [0.15, 0.2) is 22.7 Å². The van der Waals surface area contributed by atoms with Crippen molar-refractivity contribution in [1.82, 2.24) is 0 Å². The first-order valence-corrected chi connectivity index (χ1v) is 16.7. The molecule has 0 fully saturated rings. The predicted molar refractivity (Wildman–Crippen MR) is 161 cm³/mol. The molecular weight excluding hydrogens is 609 g/mol. The van der Waals surface area contributed by atoms with Gasteiger partial charge in [0.25, 0.3) is 0 Å². The summed E-state index contributed by atoms with van der Waals surface area (Å²) in [6.07, 6.45) is 2.87. The molecule has 0 heterocycles. The minimum absolute atomic E-state index is 0.0369. The highest BCUT2D eigenvalue weighted by Gasteiger charge is 2.39. The van der Waals surface area contributed by atoms with E-state index in [1.54, 1.807) is 19.1 Å². The summed E-state index contributed by atoms with van der Waals surface area (Å²) in [6, 6.07) is 3.17. The van der Waals surface area contributed by atoms with Crippen molar-refractivity contribution in [3.63, 3.8) is 0 Å². The monoisotopic (exact) mass is 651 g/mol. The Kier molecular flexibility index (Phi) is 12.0. The Bertz CT molecular complexity index is 978. The summed E-state index contributed by atoms with van der Waals surface area (Å²) in [6.45, 7) is 20.0. The van der Waals surface area contributed by atoms with E-state index in [0.717, 1.165) is 16.4 Å². The van der Waals surface area contributed by atoms with Crippen LogP contribution in [0.1, 0.15) is 73.8 Å². The molecule has 2 N–H and O–H groups in total. The average molecular weight is 652 g/mol. The second-order valence-corrected chi connectivity index (χ2v) is 17.6. The number of hydrogen-bond donors (Lipinski definition) is 2. The van der Waals surface area contributed by atoms with Crippen molar-refractivity contribution in [2.24, 2.45) is 10.4 Å². The summed E-state index contributed by atoms with van der Waals surface area (Å²) in [4.78, 5) is 28.3. The van der Waals surface area contributed by atoms with Gasteiger partial charge in [0.15, 0.2) is 8.32 Å². The van der Waals surface area contributed by atoms with E-state index >= 15 is 0 Å². The first kappa shape index (κ1) is 32.9. The maximum Gasteiger partial charge on any atom is 0.343 e. The minimum Gasteiger partial charge on any atom is -0.506 e. The molecule has 6 nitrogen and oxygen atoms in total. The summed E-state index contributed by atoms with van der Waals surface area (Å²) in [5.74, 6) is -0.374. The molecule has 0 spiro atoms. The summed E-state index contributed by atoms with van der Waals surface area (Å²) in [5, 5.41) is 11.2. The van der Waals surface area contributed by atoms with Crippen LogP contribution in [0.3, 0.4) is 0 Å². The van der Waals surface area contributed by atoms with Crippen molar-refractivity contribution in [1.29, 1.82) is 0 Å². The van der Waals surface area contributed by atoms with Gasteiger partial charge >= 0.3 is 5.97 Å². The van der Waals surface area contributed by atoms with Gasteiger partial charge in [0.2, 0.25) is 0 Å². The molecule has 1 rings (SSSR count). The van der Waals surface area contributed by atoms with Crippen molar-refractivity contribution in [3.8, 4) is 5.75 Å². The van der Waals surface area contributed by atoms with E-state index in [1.807, 2.05) is 26.9 Å². The number of halogens is 2. The van der Waals surface area contributed by atoms with Crippen LogP contribution in [-0.2, 0) is 9.53 Å². The topological polar surface area (TPSA) is 88.4 Å². The molecule has 0 aliphatic heterocycles. The average Bonchev–Trinajstić information content (AvgIpc) is 2.70. The number of carbonyl (C=O) groups excluding carboxylic acids is 1. The van der Waals surface area contributed by atoms with E-state index in [-0.39, 0.29) is 45.6 Å². The fourth-order valence-electron chi connectivity index (χ4n) is 3.32. The van der Waals surface area contributed by atoms with E-state index in [0.29, 0.717) is 11.3 Å². The number of ether oxygens (including phenoxy) is 2. The molecule has 1 atom stereocenters. The molecule has 0 saturated carbocycles. The third-order valence-electron chi connectivity index (χ3n) is 6.47. The number of hydrogen-bond acceptors (Lipinski definition) is 6. The molecule has 9 heteroatoms. The second kappa shape index (κ2) is 13.1. The lowest BCUT2D eigenvalue weighted by Crippen LogP contribution is -2.40. The lowest BCUT2D eigenvalue weighted by atomic mass is 9.83. The van der Waals surface area contributed by atoms with Crippen LogP contribution in [-0.4, -0.2) is 49.2 Å². The molecule has 1 aromatic rings. The molecule has 0 aromatic heterocycles. The molecule has 36 heavy (non-hydrogen) atoms. The van der Waals surface area contributed by atoms with Gasteiger partial charge in [-0.25, -0.2) is 4.79 Å². The quantitative estimate of drug-likeness (QED) is 0.0637. The van der Waals surface area contributed by atoms with Crippen LogP contribution in [0.4, 0.5) is 0 Å². The minimum atomic E-state index is -2.37. The molecular formula is C27H43ClINO5Si. The van der Waals surface area contributed by atoms with E-state index in [2.05, 4.69) is 57.2 Å². The van der Waals surface area contributed by atoms with Gasteiger partial charge in [0, 0.05) is 17.8 Å². The van der Waals surface area contributed by atoms with Crippen LogP contribution < -0.4 is 4.74 Å². The standard InChI is InChI=1S/C27H43ClINO5Si/c1-11-34-25(32)19(24(31)18-14-21(29)22(15-20(18)28)35-17(2)3)16-30-23(26(4,5)6)12-13-27(7,8)36(9,10)33/h14-17,23,31,33H,11-13H2,1-10H3. The molecule has 1 unspecified atom stereocenters. The zero-order chi connectivity index (χ0) is 28.1. The summed E-state index contributed by atoms with van der Waals surface area (Å²) >= 11 is 8.60. The molecule has 1 aromatic carbocycles. The van der Waals surface area contributed by atoms with E-state index in [1.165, 1.54) is 6.21 Å². The molecule has 0 saturated heterocycles. The fraction of sp³-hybridized carbons (Fsp3) is 0.630. The molecule has 0 radical (unpaired) electrons. The summed E-state index contributed by atoms with van der Waals surface area (Å²) < 4.78 is 11.8. The number of carbonyl (C=O) groups is 1. The van der Waals surface area contributed by atoms with Crippen LogP contribution in [0.25, 0.3) is 5.76 Å². The van der Waals surface area contributed by atoms with Crippen LogP contribution in [0.2, 0.25) is 23.2 Å². The van der Waals surface area contributed by atoms with Gasteiger partial charge in [-0.15, -0.1) is 0 Å². The zero-order valence-corrected chi connectivity index (χ0v) is 27.2. The Morgan fingerprint density at radius 1 is 1.22 bits per heavy atom. The number of rotatable bonds is 11. The Hall–Kier alpha value is -1.10. The third-order valence-corrected chi connectivity index (χ3v) is 11.2. The molecule has 0 aliphatic carbocycles. The highest BCUT2D eigenvalue weighted by Crippen LogP contribution is 2.42. The number of aliphatic hydroxyl groups is 1. The largest absolute Gasteiger partial charge is 0.506 e. The lowest BCUT2D eigenvalue weighted by Gasteiger charge is -2.37. The first-order chi connectivity index (χ1) is 16.3.